The highest BCUT2D eigenvalue weighted by Gasteiger charge is 2.34. The SMILES string of the molecule is CC(C)(C)OC(=O)N[C@H](Cc1ccccc1)C(O)C(=O)OC(=O)C(O)NC(=O)c1ccccc1.C[C@H](CC(F)(F)F)C(=O)O. The van der Waals surface area contributed by atoms with Crippen molar-refractivity contribution in [3.05, 3.63) is 71.8 Å². The molecule has 15 heteroatoms. The summed E-state index contributed by atoms with van der Waals surface area (Å²) in [6, 6.07) is 15.2. The van der Waals surface area contributed by atoms with Crippen LogP contribution in [-0.4, -0.2) is 75.4 Å². The number of carbonyl (C=O) groups excluding carboxylic acids is 4. The lowest BCUT2D eigenvalue weighted by atomic mass is 10.0. The number of aliphatic hydroxyl groups excluding tert-OH is 2. The van der Waals surface area contributed by atoms with Gasteiger partial charge in [0.05, 0.1) is 18.4 Å². The van der Waals surface area contributed by atoms with Crippen molar-refractivity contribution >= 4 is 29.9 Å². The number of alkyl carbamates (subject to hydrolysis) is 1. The number of ether oxygens (including phenoxy) is 2. The molecule has 5 N–H and O–H groups in total. The number of carboxylic acid groups (broad SMARTS) is 1. The number of halogens is 3. The summed E-state index contributed by atoms with van der Waals surface area (Å²) in [5.41, 5.74) is 0.0197. The molecule has 2 aromatic carbocycles. The largest absolute Gasteiger partial charge is 0.481 e. The number of aliphatic hydroxyl groups is 2. The first-order valence-electron chi connectivity index (χ1n) is 13.1. The first-order valence-corrected chi connectivity index (χ1v) is 13.1. The predicted molar refractivity (Wildman–Crippen MR) is 148 cm³/mol. The third kappa shape index (κ3) is 15.1. The first kappa shape index (κ1) is 37.5. The fourth-order valence-corrected chi connectivity index (χ4v) is 3.24. The van der Waals surface area contributed by atoms with Crippen LogP contribution in [0.5, 0.6) is 0 Å². The quantitative estimate of drug-likeness (QED) is 0.149. The molecule has 0 aliphatic carbocycles. The number of hydrogen-bond donors (Lipinski definition) is 5. The van der Waals surface area contributed by atoms with Gasteiger partial charge < -0.3 is 35.4 Å². The molecule has 2 rings (SSSR count). The summed E-state index contributed by atoms with van der Waals surface area (Å²) in [6.45, 7) is 5.96. The van der Waals surface area contributed by atoms with Gasteiger partial charge in [-0.2, -0.15) is 13.2 Å². The van der Waals surface area contributed by atoms with E-state index in [2.05, 4.69) is 10.1 Å². The summed E-state index contributed by atoms with van der Waals surface area (Å²) < 4.78 is 43.9. The van der Waals surface area contributed by atoms with Crippen LogP contribution in [-0.2, 0) is 30.3 Å². The topological polar surface area (TPSA) is 189 Å². The van der Waals surface area contributed by atoms with Gasteiger partial charge in [-0.1, -0.05) is 55.5 Å². The Morgan fingerprint density at radius 3 is 1.82 bits per heavy atom. The van der Waals surface area contributed by atoms with E-state index >= 15 is 0 Å². The Morgan fingerprint density at radius 1 is 0.841 bits per heavy atom. The maximum Gasteiger partial charge on any atom is 0.407 e. The maximum atomic E-state index is 12.4. The van der Waals surface area contributed by atoms with Crippen LogP contribution < -0.4 is 10.6 Å². The van der Waals surface area contributed by atoms with Crippen molar-refractivity contribution in [1.82, 2.24) is 10.6 Å². The number of hydrogen-bond acceptors (Lipinski definition) is 9. The molecular weight excluding hydrogens is 593 g/mol. The minimum Gasteiger partial charge on any atom is -0.481 e. The molecule has 0 aliphatic rings. The van der Waals surface area contributed by atoms with Crippen LogP contribution in [0.2, 0.25) is 0 Å². The molecule has 0 aliphatic heterocycles. The third-order valence-electron chi connectivity index (χ3n) is 5.31. The Labute approximate surface area is 251 Å². The van der Waals surface area contributed by atoms with Crippen LogP contribution in [0, 0.1) is 5.92 Å². The average molecular weight is 629 g/mol. The molecule has 0 saturated heterocycles. The molecule has 2 aromatic rings. The van der Waals surface area contributed by atoms with E-state index in [1.807, 2.05) is 5.32 Å². The van der Waals surface area contributed by atoms with Crippen molar-refractivity contribution in [2.45, 2.75) is 70.7 Å². The minimum atomic E-state index is -4.38. The van der Waals surface area contributed by atoms with Crippen molar-refractivity contribution in [3.8, 4) is 0 Å². The number of benzene rings is 2. The molecule has 0 aromatic heterocycles. The third-order valence-corrected chi connectivity index (χ3v) is 5.31. The summed E-state index contributed by atoms with van der Waals surface area (Å²) in [6.07, 6.45) is -10.6. The number of esters is 2. The molecule has 44 heavy (non-hydrogen) atoms. The normalized spacial score (nSPS) is 13.9. The molecule has 0 heterocycles. The second-order valence-corrected chi connectivity index (χ2v) is 10.4. The van der Waals surface area contributed by atoms with E-state index in [1.54, 1.807) is 69.3 Å². The Morgan fingerprint density at radius 2 is 1.36 bits per heavy atom. The van der Waals surface area contributed by atoms with Crippen LogP contribution in [0.3, 0.4) is 0 Å². The molecule has 2 amide bonds. The second-order valence-electron chi connectivity index (χ2n) is 10.4. The highest BCUT2D eigenvalue weighted by molar-refractivity contribution is 5.98. The Balaban J connectivity index is 0.000000828. The molecule has 0 bridgehead atoms. The van der Waals surface area contributed by atoms with E-state index in [1.165, 1.54) is 12.1 Å². The highest BCUT2D eigenvalue weighted by Crippen LogP contribution is 2.24. The number of rotatable bonds is 10. The van der Waals surface area contributed by atoms with E-state index in [-0.39, 0.29) is 12.0 Å². The van der Waals surface area contributed by atoms with Crippen molar-refractivity contribution in [2.24, 2.45) is 5.92 Å². The van der Waals surface area contributed by atoms with Gasteiger partial charge in [-0.25, -0.2) is 14.4 Å². The standard InChI is InChI=1S/C24H28N2O8.C5H7F3O2/c1-24(2,3)34-23(32)25-17(14-15-10-6-4-7-11-15)18(27)21(30)33-22(31)20(29)26-19(28)16-12-8-5-9-13-16;1-3(4(9)10)2-5(6,7)8/h4-13,17-18,20,27,29H,14H2,1-3H3,(H,25,32)(H,26,28);3H,2H2,1H3,(H,9,10)/t17-,18?,20?;3-/m11/s1. The lowest BCUT2D eigenvalue weighted by Crippen LogP contribution is -2.51. The smallest absolute Gasteiger partial charge is 0.407 e. The monoisotopic (exact) mass is 628 g/mol. The van der Waals surface area contributed by atoms with Gasteiger partial charge in [-0.3, -0.25) is 9.59 Å². The van der Waals surface area contributed by atoms with Crippen molar-refractivity contribution < 1.29 is 61.9 Å². The lowest BCUT2D eigenvalue weighted by molar-refractivity contribution is -0.173. The molecule has 12 nitrogen and oxygen atoms in total. The summed E-state index contributed by atoms with van der Waals surface area (Å²) >= 11 is 0. The first-order chi connectivity index (χ1) is 20.3. The van der Waals surface area contributed by atoms with E-state index in [0.29, 0.717) is 5.56 Å². The second kappa shape index (κ2) is 17.0. The van der Waals surface area contributed by atoms with Gasteiger partial charge in [0.2, 0.25) is 6.23 Å². The van der Waals surface area contributed by atoms with Gasteiger partial charge in [0.1, 0.15) is 5.60 Å². The number of carbonyl (C=O) groups is 5. The van der Waals surface area contributed by atoms with E-state index in [9.17, 15) is 47.4 Å². The summed E-state index contributed by atoms with van der Waals surface area (Å²) in [7, 11) is 0. The summed E-state index contributed by atoms with van der Waals surface area (Å²) in [5, 5.41) is 32.8. The zero-order valence-corrected chi connectivity index (χ0v) is 24.3. The van der Waals surface area contributed by atoms with Gasteiger partial charge in [0.25, 0.3) is 5.91 Å². The fourth-order valence-electron chi connectivity index (χ4n) is 3.24. The molecule has 0 saturated carbocycles. The fraction of sp³-hybridized carbons (Fsp3) is 0.414. The number of nitrogens with one attached hydrogen (secondary N) is 2. The maximum absolute atomic E-state index is 12.4. The Bertz CT molecular complexity index is 1250. The number of amides is 2. The Hall–Kier alpha value is -4.50. The van der Waals surface area contributed by atoms with Crippen LogP contribution >= 0.6 is 0 Å². The van der Waals surface area contributed by atoms with Crippen LogP contribution in [0.25, 0.3) is 0 Å². The van der Waals surface area contributed by atoms with Crippen LogP contribution in [0.15, 0.2) is 60.7 Å². The predicted octanol–water partition coefficient (Wildman–Crippen LogP) is 2.96. The number of aliphatic carboxylic acids is 1. The lowest BCUT2D eigenvalue weighted by Gasteiger charge is -2.26. The minimum absolute atomic E-state index is 0.0117. The summed E-state index contributed by atoms with van der Waals surface area (Å²) in [5.74, 6) is -6.46. The van der Waals surface area contributed by atoms with Crippen molar-refractivity contribution in [1.29, 1.82) is 0 Å². The zero-order valence-electron chi connectivity index (χ0n) is 24.3. The van der Waals surface area contributed by atoms with Gasteiger partial charge in [0, 0.05) is 5.56 Å². The van der Waals surface area contributed by atoms with Crippen molar-refractivity contribution in [2.75, 3.05) is 0 Å². The molecule has 4 atom stereocenters. The molecular formula is C29H35F3N2O10. The van der Waals surface area contributed by atoms with Crippen molar-refractivity contribution in [3.63, 3.8) is 0 Å². The van der Waals surface area contributed by atoms with Crippen LogP contribution in [0.1, 0.15) is 50.0 Å². The van der Waals surface area contributed by atoms with Gasteiger partial charge >= 0.3 is 30.2 Å². The van der Waals surface area contributed by atoms with Gasteiger partial charge in [-0.05, 0) is 44.9 Å². The van der Waals surface area contributed by atoms with Gasteiger partial charge in [-0.15, -0.1) is 0 Å². The molecule has 0 spiro atoms. The average Bonchev–Trinajstić information content (AvgIpc) is 2.91. The van der Waals surface area contributed by atoms with Gasteiger partial charge in [0.15, 0.2) is 6.10 Å². The Kier molecular flexibility index (Phi) is 14.5. The number of alkyl halides is 3. The van der Waals surface area contributed by atoms with Crippen LogP contribution in [0.4, 0.5) is 18.0 Å². The van der Waals surface area contributed by atoms with E-state index in [4.69, 9.17) is 9.84 Å². The van der Waals surface area contributed by atoms with E-state index < -0.39 is 72.4 Å². The molecule has 0 radical (unpaired) electrons. The molecule has 2 unspecified atom stereocenters. The highest BCUT2D eigenvalue weighted by atomic mass is 19.4. The zero-order chi connectivity index (χ0) is 33.7. The molecule has 0 fully saturated rings. The summed E-state index contributed by atoms with van der Waals surface area (Å²) in [4.78, 5) is 58.6. The number of carboxylic acids is 1. The molecule has 242 valence electrons. The van der Waals surface area contributed by atoms with E-state index in [0.717, 1.165) is 6.92 Å².